The minimum atomic E-state index is -0.526. The molecule has 3 aromatic rings. The van der Waals surface area contributed by atoms with Crippen molar-refractivity contribution in [2.45, 2.75) is 0 Å². The fourth-order valence-electron chi connectivity index (χ4n) is 2.04. The SMILES string of the molecule is O=C(c1cccc([N+](=O)[O-])c1)n1c(=S)sc2ccccc21. The van der Waals surface area contributed by atoms with Crippen molar-refractivity contribution in [3.63, 3.8) is 0 Å². The molecule has 0 bridgehead atoms. The largest absolute Gasteiger partial charge is 0.270 e. The number of nitro benzene ring substituents is 1. The molecule has 0 unspecified atom stereocenters. The molecule has 21 heavy (non-hydrogen) atoms. The molecule has 7 heteroatoms. The minimum Gasteiger partial charge on any atom is -0.268 e. The number of non-ortho nitro benzene ring substituents is 1. The summed E-state index contributed by atoms with van der Waals surface area (Å²) in [4.78, 5) is 22.9. The molecule has 2 aromatic carbocycles. The molecule has 0 saturated carbocycles. The Balaban J connectivity index is 2.17. The Morgan fingerprint density at radius 3 is 2.71 bits per heavy atom. The summed E-state index contributed by atoms with van der Waals surface area (Å²) in [7, 11) is 0. The zero-order chi connectivity index (χ0) is 15.0. The molecular weight excluding hydrogens is 308 g/mol. The molecule has 1 aromatic heterocycles. The van der Waals surface area contributed by atoms with Crippen LogP contribution in [0.25, 0.3) is 10.2 Å². The van der Waals surface area contributed by atoms with Crippen LogP contribution < -0.4 is 0 Å². The number of hydrogen-bond acceptors (Lipinski definition) is 5. The molecule has 0 spiro atoms. The number of carbonyl (C=O) groups excluding carboxylic acids is 1. The Bertz CT molecular complexity index is 927. The molecule has 0 aliphatic rings. The van der Waals surface area contributed by atoms with Gasteiger partial charge in [0.2, 0.25) is 0 Å². The highest BCUT2D eigenvalue weighted by molar-refractivity contribution is 7.73. The number of aromatic nitrogens is 1. The number of hydrogen-bond donors (Lipinski definition) is 0. The zero-order valence-corrected chi connectivity index (χ0v) is 12.2. The molecule has 0 saturated heterocycles. The van der Waals surface area contributed by atoms with Crippen LogP contribution in [0.5, 0.6) is 0 Å². The van der Waals surface area contributed by atoms with Crippen molar-refractivity contribution >= 4 is 45.4 Å². The summed E-state index contributed by atoms with van der Waals surface area (Å²) in [6, 6.07) is 13.0. The van der Waals surface area contributed by atoms with Crippen LogP contribution in [-0.2, 0) is 0 Å². The van der Waals surface area contributed by atoms with Crippen molar-refractivity contribution in [3.8, 4) is 0 Å². The molecule has 5 nitrogen and oxygen atoms in total. The molecule has 0 radical (unpaired) electrons. The number of carbonyl (C=O) groups is 1. The number of nitro groups is 1. The lowest BCUT2D eigenvalue weighted by atomic mass is 10.2. The van der Waals surface area contributed by atoms with Gasteiger partial charge in [0, 0.05) is 17.7 Å². The molecule has 0 N–H and O–H groups in total. The Labute approximate surface area is 128 Å². The van der Waals surface area contributed by atoms with E-state index in [4.69, 9.17) is 12.2 Å². The maximum atomic E-state index is 12.6. The Morgan fingerprint density at radius 1 is 1.19 bits per heavy atom. The van der Waals surface area contributed by atoms with Gasteiger partial charge in [0.1, 0.15) is 0 Å². The number of thiazole rings is 1. The van der Waals surface area contributed by atoms with Crippen LogP contribution in [0.3, 0.4) is 0 Å². The third-order valence-corrected chi connectivity index (χ3v) is 4.35. The summed E-state index contributed by atoms with van der Waals surface area (Å²) in [5, 5.41) is 10.8. The van der Waals surface area contributed by atoms with E-state index in [0.717, 1.165) is 4.70 Å². The lowest BCUT2D eigenvalue weighted by Crippen LogP contribution is -2.11. The van der Waals surface area contributed by atoms with Crippen LogP contribution in [-0.4, -0.2) is 15.4 Å². The first kappa shape index (κ1) is 13.6. The summed E-state index contributed by atoms with van der Waals surface area (Å²) in [5.74, 6) is -0.360. The van der Waals surface area contributed by atoms with E-state index in [1.54, 1.807) is 12.1 Å². The van der Waals surface area contributed by atoms with Crippen molar-refractivity contribution in [2.24, 2.45) is 0 Å². The van der Waals surface area contributed by atoms with Gasteiger partial charge in [-0.2, -0.15) is 0 Å². The van der Waals surface area contributed by atoms with Crippen LogP contribution in [0.4, 0.5) is 5.69 Å². The van der Waals surface area contributed by atoms with Crippen LogP contribution in [0.2, 0.25) is 0 Å². The smallest absolute Gasteiger partial charge is 0.268 e. The maximum absolute atomic E-state index is 12.6. The first-order valence-corrected chi connectivity index (χ1v) is 7.20. The molecule has 1 heterocycles. The Kier molecular flexibility index (Phi) is 3.36. The topological polar surface area (TPSA) is 65.1 Å². The van der Waals surface area contributed by atoms with E-state index < -0.39 is 4.92 Å². The van der Waals surface area contributed by atoms with E-state index >= 15 is 0 Å². The van der Waals surface area contributed by atoms with E-state index in [9.17, 15) is 14.9 Å². The van der Waals surface area contributed by atoms with Crippen molar-refractivity contribution < 1.29 is 9.72 Å². The van der Waals surface area contributed by atoms with Gasteiger partial charge in [-0.1, -0.05) is 18.2 Å². The highest BCUT2D eigenvalue weighted by Crippen LogP contribution is 2.24. The number of benzene rings is 2. The first-order chi connectivity index (χ1) is 10.1. The summed E-state index contributed by atoms with van der Waals surface area (Å²) < 4.78 is 2.74. The number of para-hydroxylation sites is 1. The predicted octanol–water partition coefficient (Wildman–Crippen LogP) is 4.03. The van der Waals surface area contributed by atoms with Gasteiger partial charge >= 0.3 is 0 Å². The van der Waals surface area contributed by atoms with Crippen LogP contribution in [0, 0.1) is 14.1 Å². The molecule has 104 valence electrons. The molecule has 0 amide bonds. The van der Waals surface area contributed by atoms with E-state index in [1.807, 2.05) is 18.2 Å². The third-order valence-electron chi connectivity index (χ3n) is 2.99. The minimum absolute atomic E-state index is 0.119. The summed E-state index contributed by atoms with van der Waals surface area (Å²) in [5.41, 5.74) is 0.833. The summed E-state index contributed by atoms with van der Waals surface area (Å²) in [6.45, 7) is 0. The second kappa shape index (κ2) is 5.19. The standard InChI is InChI=1S/C14H8N2O3S2/c17-13(9-4-3-5-10(8-9)16(18)19)15-11-6-1-2-7-12(11)21-14(15)20/h1-8H. The van der Waals surface area contributed by atoms with E-state index in [1.165, 1.54) is 34.1 Å². The molecular formula is C14H8N2O3S2. The summed E-state index contributed by atoms with van der Waals surface area (Å²) >= 11 is 6.58. The van der Waals surface area contributed by atoms with Gasteiger partial charge in [-0.25, -0.2) is 0 Å². The van der Waals surface area contributed by atoms with Crippen molar-refractivity contribution in [1.82, 2.24) is 4.57 Å². The van der Waals surface area contributed by atoms with Gasteiger partial charge in [-0.05, 0) is 30.4 Å². The van der Waals surface area contributed by atoms with E-state index in [2.05, 4.69) is 0 Å². The fraction of sp³-hybridized carbons (Fsp3) is 0. The maximum Gasteiger partial charge on any atom is 0.270 e. The number of rotatable bonds is 2. The highest BCUT2D eigenvalue weighted by atomic mass is 32.1. The van der Waals surface area contributed by atoms with Gasteiger partial charge in [0.15, 0.2) is 3.95 Å². The van der Waals surface area contributed by atoms with Crippen LogP contribution in [0.15, 0.2) is 48.5 Å². The molecule has 0 atom stereocenters. The zero-order valence-electron chi connectivity index (χ0n) is 10.6. The van der Waals surface area contributed by atoms with Gasteiger partial charge in [-0.15, -0.1) is 11.3 Å². The van der Waals surface area contributed by atoms with Gasteiger partial charge in [-0.3, -0.25) is 19.5 Å². The molecule has 0 aliphatic carbocycles. The van der Waals surface area contributed by atoms with Gasteiger partial charge in [0.25, 0.3) is 11.6 Å². The van der Waals surface area contributed by atoms with E-state index in [-0.39, 0.29) is 17.2 Å². The van der Waals surface area contributed by atoms with Gasteiger partial charge < -0.3 is 0 Å². The van der Waals surface area contributed by atoms with Crippen molar-refractivity contribution in [1.29, 1.82) is 0 Å². The monoisotopic (exact) mass is 316 g/mol. The lowest BCUT2D eigenvalue weighted by molar-refractivity contribution is -0.384. The normalized spacial score (nSPS) is 10.7. The Morgan fingerprint density at radius 2 is 1.95 bits per heavy atom. The van der Waals surface area contributed by atoms with Crippen LogP contribution >= 0.6 is 23.6 Å². The highest BCUT2D eigenvalue weighted by Gasteiger charge is 2.16. The fourth-order valence-corrected chi connectivity index (χ4v) is 3.36. The second-order valence-corrected chi connectivity index (χ2v) is 5.96. The van der Waals surface area contributed by atoms with Crippen molar-refractivity contribution in [3.05, 3.63) is 68.2 Å². The van der Waals surface area contributed by atoms with Gasteiger partial charge in [0.05, 0.1) is 15.1 Å². The molecule has 0 aliphatic heterocycles. The number of nitrogens with zero attached hydrogens (tertiary/aromatic N) is 2. The van der Waals surface area contributed by atoms with Crippen LogP contribution in [0.1, 0.15) is 10.4 Å². The summed E-state index contributed by atoms with van der Waals surface area (Å²) in [6.07, 6.45) is 0. The van der Waals surface area contributed by atoms with E-state index in [0.29, 0.717) is 9.47 Å². The molecule has 3 rings (SSSR count). The second-order valence-electron chi connectivity index (χ2n) is 4.28. The third kappa shape index (κ3) is 2.37. The number of fused-ring (bicyclic) bond motifs is 1. The Hall–Kier alpha value is -2.38. The quantitative estimate of drug-likeness (QED) is 0.407. The van der Waals surface area contributed by atoms with Crippen molar-refractivity contribution in [2.75, 3.05) is 0 Å². The predicted molar refractivity (Wildman–Crippen MR) is 83.5 cm³/mol. The average molecular weight is 316 g/mol. The molecule has 0 fully saturated rings. The first-order valence-electron chi connectivity index (χ1n) is 5.97. The average Bonchev–Trinajstić information content (AvgIpc) is 2.82. The lowest BCUT2D eigenvalue weighted by Gasteiger charge is -2.03.